The highest BCUT2D eigenvalue weighted by molar-refractivity contribution is 5.99. The summed E-state index contributed by atoms with van der Waals surface area (Å²) in [5, 5.41) is 13.3. The summed E-state index contributed by atoms with van der Waals surface area (Å²) in [5.41, 5.74) is 21.0. The summed E-state index contributed by atoms with van der Waals surface area (Å²) in [6.07, 6.45) is 3.26. The fourth-order valence-electron chi connectivity index (χ4n) is 8.97. The molecule has 1 unspecified atom stereocenters. The van der Waals surface area contributed by atoms with E-state index in [9.17, 15) is 47.9 Å². The molecule has 24 nitrogen and oxygen atoms in total. The quantitative estimate of drug-likeness (QED) is 0.0232. The number of guanidine groups is 1. The predicted octanol–water partition coefficient (Wildman–Crippen LogP) is -2.66. The first-order valence-corrected chi connectivity index (χ1v) is 23.8. The van der Waals surface area contributed by atoms with Gasteiger partial charge in [0.1, 0.15) is 47.9 Å². The Hall–Kier alpha value is -6.59. The second-order valence-corrected chi connectivity index (χ2v) is 18.9. The lowest BCUT2D eigenvalue weighted by molar-refractivity contribution is -0.148. The van der Waals surface area contributed by atoms with Gasteiger partial charge in [-0.2, -0.15) is 0 Å². The molecule has 3 fully saturated rings. The number of aromatic amines is 1. The molecular weight excluding hydrogens is 897 g/mol. The molecule has 9 amide bonds. The van der Waals surface area contributed by atoms with E-state index in [1.165, 1.54) is 40.0 Å². The summed E-state index contributed by atoms with van der Waals surface area (Å²) in [5.74, 6) is -5.73. The minimum atomic E-state index is -1.21. The third-order valence-corrected chi connectivity index (χ3v) is 12.3. The first-order chi connectivity index (χ1) is 32.6. The lowest BCUT2D eigenvalue weighted by atomic mass is 10.0. The number of nitrogens with two attached hydrogens (primary N) is 4. The van der Waals surface area contributed by atoms with Crippen molar-refractivity contribution in [2.45, 2.75) is 154 Å². The minimum absolute atomic E-state index is 0.0402. The van der Waals surface area contributed by atoms with E-state index in [2.05, 4.69) is 36.6 Å². The largest absolute Gasteiger partial charge is 0.370 e. The highest BCUT2D eigenvalue weighted by Gasteiger charge is 2.45. The van der Waals surface area contributed by atoms with Gasteiger partial charge in [-0.15, -0.1) is 0 Å². The number of likely N-dealkylation sites (tertiary alicyclic amines) is 3. The van der Waals surface area contributed by atoms with Crippen molar-refractivity contribution in [3.05, 3.63) is 34.2 Å². The molecule has 1 aromatic rings. The number of nitrogens with zero attached hydrogens (tertiary/aromatic N) is 4. The Morgan fingerprint density at radius 2 is 1.23 bits per heavy atom. The van der Waals surface area contributed by atoms with Crippen LogP contribution in [0.2, 0.25) is 0 Å². The molecule has 24 heteroatoms. The molecule has 8 atom stereocenters. The Bertz CT molecular complexity index is 2130. The molecule has 0 aromatic carbocycles. The van der Waals surface area contributed by atoms with Crippen LogP contribution >= 0.6 is 0 Å². The van der Waals surface area contributed by atoms with Gasteiger partial charge >= 0.3 is 0 Å². The molecule has 14 N–H and O–H groups in total. The summed E-state index contributed by atoms with van der Waals surface area (Å²) >= 11 is 0. The van der Waals surface area contributed by atoms with Crippen LogP contribution in [-0.2, 0) is 38.4 Å². The minimum Gasteiger partial charge on any atom is -0.370 e. The molecule has 69 heavy (non-hydrogen) atoms. The van der Waals surface area contributed by atoms with E-state index in [1.54, 1.807) is 0 Å². The summed E-state index contributed by atoms with van der Waals surface area (Å²) < 4.78 is 0. The molecule has 3 saturated heterocycles. The van der Waals surface area contributed by atoms with Gasteiger partial charge in [0.25, 0.3) is 11.5 Å². The molecule has 4 heterocycles. The van der Waals surface area contributed by atoms with Crippen molar-refractivity contribution in [1.29, 1.82) is 0 Å². The van der Waals surface area contributed by atoms with Crippen LogP contribution in [0, 0.1) is 11.8 Å². The van der Waals surface area contributed by atoms with Crippen molar-refractivity contribution in [2.24, 2.45) is 39.8 Å². The van der Waals surface area contributed by atoms with Gasteiger partial charge in [-0.1, -0.05) is 27.7 Å². The Morgan fingerprint density at radius 3 is 1.80 bits per heavy atom. The Balaban J connectivity index is 1.44. The molecule has 1 aromatic heterocycles. The molecule has 4 rings (SSSR count). The lowest BCUT2D eigenvalue weighted by Crippen LogP contribution is -2.59. The Morgan fingerprint density at radius 1 is 0.696 bits per heavy atom. The van der Waals surface area contributed by atoms with Gasteiger partial charge in [-0.05, 0) is 95.1 Å². The van der Waals surface area contributed by atoms with E-state index in [0.717, 1.165) is 0 Å². The first kappa shape index (κ1) is 55.0. The molecule has 0 saturated carbocycles. The predicted molar refractivity (Wildman–Crippen MR) is 253 cm³/mol. The lowest BCUT2D eigenvalue weighted by Gasteiger charge is -2.34. The SMILES string of the molecule is CC(C)C[C@H](NC(=O)[C@@H]1CCCN1C(=O)[C@@H]1CCCN1C(=O)[C@H](CC(C)C)NC(=O)[C@H](C)NC(=O)[C@H](CCCN=C(N)N)NC(=O)c1ccc[nH]c1=O)C(=O)N1CCC[C@H]1C(=O)NC(N)CC(N)=O. The van der Waals surface area contributed by atoms with E-state index in [4.69, 9.17) is 22.9 Å². The number of aromatic nitrogens is 1. The zero-order chi connectivity index (χ0) is 51.1. The van der Waals surface area contributed by atoms with Gasteiger partial charge in [0, 0.05) is 32.4 Å². The average Bonchev–Trinajstić information content (AvgIpc) is 4.08. The number of amides is 9. The van der Waals surface area contributed by atoms with Crippen LogP contribution in [0.1, 0.15) is 116 Å². The summed E-state index contributed by atoms with van der Waals surface area (Å²) in [7, 11) is 0. The number of hydrogen-bond donors (Lipinski definition) is 10. The number of H-pyrrole nitrogens is 1. The van der Waals surface area contributed by atoms with Crippen molar-refractivity contribution in [3.63, 3.8) is 0 Å². The topological polar surface area (TPSA) is 373 Å². The van der Waals surface area contributed by atoms with Gasteiger partial charge in [0.2, 0.25) is 47.3 Å². The van der Waals surface area contributed by atoms with Crippen molar-refractivity contribution in [1.82, 2.24) is 46.3 Å². The van der Waals surface area contributed by atoms with Crippen LogP contribution in [0.5, 0.6) is 0 Å². The van der Waals surface area contributed by atoms with E-state index in [1.807, 2.05) is 27.7 Å². The van der Waals surface area contributed by atoms with Gasteiger partial charge in [-0.3, -0.25) is 52.9 Å². The molecular formula is C45H72N14O10. The first-order valence-electron chi connectivity index (χ1n) is 23.8. The molecule has 0 aliphatic carbocycles. The second kappa shape index (κ2) is 25.7. The zero-order valence-electron chi connectivity index (χ0n) is 40.3. The van der Waals surface area contributed by atoms with Crippen LogP contribution < -0.4 is 55.1 Å². The number of pyridine rings is 1. The normalized spacial score (nSPS) is 20.1. The van der Waals surface area contributed by atoms with Gasteiger partial charge in [0.15, 0.2) is 5.96 Å². The number of rotatable bonds is 23. The van der Waals surface area contributed by atoms with E-state index < -0.39 is 107 Å². The summed E-state index contributed by atoms with van der Waals surface area (Å²) in [4.78, 5) is 145. The zero-order valence-corrected chi connectivity index (χ0v) is 40.3. The smallest absolute Gasteiger partial charge is 0.260 e. The van der Waals surface area contributed by atoms with Crippen molar-refractivity contribution in [2.75, 3.05) is 26.2 Å². The Labute approximate surface area is 401 Å². The molecule has 382 valence electrons. The van der Waals surface area contributed by atoms with Gasteiger partial charge in [-0.25, -0.2) is 0 Å². The number of aliphatic imine (C=N–C) groups is 1. The highest BCUT2D eigenvalue weighted by Crippen LogP contribution is 2.27. The van der Waals surface area contributed by atoms with Crippen LogP contribution in [0.3, 0.4) is 0 Å². The second-order valence-electron chi connectivity index (χ2n) is 18.9. The maximum atomic E-state index is 14.4. The van der Waals surface area contributed by atoms with Crippen molar-refractivity contribution in [3.8, 4) is 0 Å². The number of nitrogens with one attached hydrogen (secondary N) is 6. The fraction of sp³-hybridized carbons (Fsp3) is 0.667. The van der Waals surface area contributed by atoms with Crippen LogP contribution in [-0.4, -0.2) is 153 Å². The molecule has 3 aliphatic rings. The highest BCUT2D eigenvalue weighted by atomic mass is 16.2. The van der Waals surface area contributed by atoms with Crippen molar-refractivity contribution < 1.29 is 43.2 Å². The van der Waals surface area contributed by atoms with E-state index in [-0.39, 0.29) is 81.6 Å². The Kier molecular flexibility index (Phi) is 20.5. The summed E-state index contributed by atoms with van der Waals surface area (Å²) in [6, 6.07) is -4.52. The maximum Gasteiger partial charge on any atom is 0.260 e. The summed E-state index contributed by atoms with van der Waals surface area (Å²) in [6.45, 7) is 9.77. The third kappa shape index (κ3) is 15.7. The van der Waals surface area contributed by atoms with Crippen LogP contribution in [0.4, 0.5) is 0 Å². The fourth-order valence-corrected chi connectivity index (χ4v) is 8.97. The number of carbonyl (C=O) groups excluding carboxylic acids is 9. The van der Waals surface area contributed by atoms with E-state index in [0.29, 0.717) is 38.5 Å². The molecule has 0 spiro atoms. The molecule has 0 radical (unpaired) electrons. The van der Waals surface area contributed by atoms with Crippen LogP contribution in [0.25, 0.3) is 0 Å². The average molecular weight is 969 g/mol. The number of primary amides is 1. The number of carbonyl (C=O) groups is 9. The monoisotopic (exact) mass is 969 g/mol. The van der Waals surface area contributed by atoms with Crippen LogP contribution in [0.15, 0.2) is 28.1 Å². The standard InChI is InChI=1S/C45H72N14O10/c1-24(2)21-29(54-36(61)26(5)52-39(64)28(12-7-17-51-45(48)49)53-38(63)27-11-6-16-50-37(27)62)43(68)59-20-10-15-33(59)44(69)58-19-9-13-31(58)40(65)55-30(22-25(3)4)42(67)57-18-8-14-32(57)41(66)56-34(46)23-35(47)60/h6,11,16,24-26,28-34H,7-10,12-15,17-23,46H2,1-5H3,(H2,47,60)(H,50,62)(H,52,64)(H,53,63)(H,54,61)(H,55,65)(H,56,66)(H4,48,49,51)/t26-,28-,29-,30-,31-,32-,33-,34?/m0/s1. The van der Waals surface area contributed by atoms with Gasteiger partial charge < -0.3 is 69.2 Å². The third-order valence-electron chi connectivity index (χ3n) is 12.3. The van der Waals surface area contributed by atoms with E-state index >= 15 is 0 Å². The molecule has 0 bridgehead atoms. The molecule has 3 aliphatic heterocycles. The maximum absolute atomic E-state index is 14.4. The van der Waals surface area contributed by atoms with Gasteiger partial charge in [0.05, 0.1) is 12.6 Å². The number of hydrogen-bond acceptors (Lipinski definition) is 12. The van der Waals surface area contributed by atoms with Crippen molar-refractivity contribution >= 4 is 59.1 Å².